The number of ether oxygens (including phenoxy) is 2. The highest BCUT2D eigenvalue weighted by atomic mass is 16.7. The van der Waals surface area contributed by atoms with Crippen molar-refractivity contribution in [1.29, 1.82) is 0 Å². The molecule has 0 bridgehead atoms. The summed E-state index contributed by atoms with van der Waals surface area (Å²) in [4.78, 5) is 30.1. The van der Waals surface area contributed by atoms with Crippen LogP contribution in [0.4, 0.5) is 17.1 Å². The molecular weight excluding hydrogens is 404 g/mol. The number of likely N-dealkylation sites (N-methyl/N-ethyl adjacent to an activating group) is 1. The van der Waals surface area contributed by atoms with Crippen molar-refractivity contribution < 1.29 is 29.4 Å². The molecule has 0 spiro atoms. The van der Waals surface area contributed by atoms with Crippen molar-refractivity contribution in [3.63, 3.8) is 0 Å². The molecule has 13 heteroatoms. The van der Waals surface area contributed by atoms with Crippen LogP contribution < -0.4 is 9.47 Å². The number of phenols is 1. The molecule has 2 heterocycles. The van der Waals surface area contributed by atoms with Crippen LogP contribution in [0.25, 0.3) is 0 Å². The molecule has 30 heavy (non-hydrogen) atoms. The first-order valence-corrected chi connectivity index (χ1v) is 8.57. The van der Waals surface area contributed by atoms with Gasteiger partial charge in [0.25, 0.3) is 11.4 Å². The highest BCUT2D eigenvalue weighted by Crippen LogP contribution is 2.39. The standard InChI is InChI=1S/C11H13NO2.C6H3N3O7/c1-12-3-2-8-4-10-11(14-7-13-10)5-9(8)6-12;10-6-4(8(13)14)1-3(7(11)12)2-5(6)9(15)16/h4-5H,2-3,6-7H2,1H3;1-2,10H. The average molecular weight is 420 g/mol. The third kappa shape index (κ3) is 4.20. The highest BCUT2D eigenvalue weighted by Gasteiger charge is 2.30. The molecule has 13 nitrogen and oxygen atoms in total. The predicted octanol–water partition coefficient (Wildman–Crippen LogP) is 2.52. The van der Waals surface area contributed by atoms with Crippen LogP contribution in [0.15, 0.2) is 24.3 Å². The lowest BCUT2D eigenvalue weighted by Crippen LogP contribution is -2.26. The number of rotatable bonds is 3. The number of nitrogens with zero attached hydrogens (tertiary/aromatic N) is 4. The monoisotopic (exact) mass is 420 g/mol. The molecule has 2 aliphatic rings. The Morgan fingerprint density at radius 1 is 0.900 bits per heavy atom. The maximum absolute atomic E-state index is 10.4. The first-order chi connectivity index (χ1) is 14.2. The van der Waals surface area contributed by atoms with Crippen LogP contribution in [0.2, 0.25) is 0 Å². The van der Waals surface area contributed by atoms with Crippen LogP contribution in [-0.4, -0.2) is 45.2 Å². The second kappa shape index (κ2) is 8.16. The number of nitro groups is 3. The Bertz CT molecular complexity index is 1010. The SMILES string of the molecule is CN1CCc2cc3c(cc2C1)OCO3.O=[N+]([O-])c1cc([N+](=O)[O-])c(O)c([N+](=O)[O-])c1. The molecule has 2 aromatic carbocycles. The lowest BCUT2D eigenvalue weighted by molar-refractivity contribution is -0.404. The van der Waals surface area contributed by atoms with Gasteiger partial charge in [-0.05, 0) is 36.7 Å². The summed E-state index contributed by atoms with van der Waals surface area (Å²) in [5.74, 6) is 0.605. The lowest BCUT2D eigenvalue weighted by Gasteiger charge is -2.24. The molecule has 1 N–H and O–H groups in total. The van der Waals surface area contributed by atoms with Gasteiger partial charge in [0.05, 0.1) is 26.9 Å². The minimum absolute atomic E-state index is 0.369. The van der Waals surface area contributed by atoms with Crippen molar-refractivity contribution in [2.75, 3.05) is 20.4 Å². The molecule has 0 amide bonds. The van der Waals surface area contributed by atoms with Crippen molar-refractivity contribution in [1.82, 2.24) is 4.90 Å². The van der Waals surface area contributed by atoms with E-state index in [2.05, 4.69) is 24.1 Å². The number of hydrogen-bond acceptors (Lipinski definition) is 10. The topological polar surface area (TPSA) is 171 Å². The van der Waals surface area contributed by atoms with E-state index in [4.69, 9.17) is 14.6 Å². The van der Waals surface area contributed by atoms with Crippen molar-refractivity contribution in [2.24, 2.45) is 0 Å². The van der Waals surface area contributed by atoms with Crippen LogP contribution in [0, 0.1) is 30.3 Å². The average Bonchev–Trinajstić information content (AvgIpc) is 3.13. The van der Waals surface area contributed by atoms with Gasteiger partial charge >= 0.3 is 11.4 Å². The smallest absolute Gasteiger partial charge is 0.324 e. The van der Waals surface area contributed by atoms with Crippen molar-refractivity contribution in [3.05, 3.63) is 65.7 Å². The number of fused-ring (bicyclic) bond motifs is 2. The second-order valence-electron chi connectivity index (χ2n) is 6.57. The summed E-state index contributed by atoms with van der Waals surface area (Å²) in [6.45, 7) is 2.52. The number of hydrogen-bond donors (Lipinski definition) is 1. The molecule has 0 unspecified atom stereocenters. The van der Waals surface area contributed by atoms with Gasteiger partial charge in [0.15, 0.2) is 11.5 Å². The third-order valence-electron chi connectivity index (χ3n) is 4.56. The van der Waals surface area contributed by atoms with Gasteiger partial charge in [-0.2, -0.15) is 0 Å². The molecule has 0 fully saturated rings. The molecule has 2 aromatic rings. The summed E-state index contributed by atoms with van der Waals surface area (Å²) in [6, 6.07) is 5.14. The van der Waals surface area contributed by atoms with E-state index >= 15 is 0 Å². The van der Waals surface area contributed by atoms with E-state index in [9.17, 15) is 30.3 Å². The largest absolute Gasteiger partial charge is 0.497 e. The molecule has 4 rings (SSSR count). The van der Waals surface area contributed by atoms with Gasteiger partial charge in [-0.3, -0.25) is 30.3 Å². The Morgan fingerprint density at radius 2 is 1.43 bits per heavy atom. The normalized spacial score (nSPS) is 14.3. The summed E-state index contributed by atoms with van der Waals surface area (Å²) >= 11 is 0. The Labute approximate surface area is 168 Å². The van der Waals surface area contributed by atoms with Crippen molar-refractivity contribution >= 4 is 17.1 Å². The van der Waals surface area contributed by atoms with E-state index in [1.54, 1.807) is 0 Å². The van der Waals surface area contributed by atoms with E-state index < -0.39 is 37.6 Å². The first kappa shape index (κ1) is 20.7. The molecule has 0 saturated heterocycles. The highest BCUT2D eigenvalue weighted by molar-refractivity contribution is 5.64. The minimum atomic E-state index is -1.21. The van der Waals surface area contributed by atoms with E-state index in [1.165, 1.54) is 11.1 Å². The van der Waals surface area contributed by atoms with Gasteiger partial charge in [-0.25, -0.2) is 0 Å². The molecule has 2 aliphatic heterocycles. The van der Waals surface area contributed by atoms with E-state index in [0.29, 0.717) is 18.9 Å². The summed E-state index contributed by atoms with van der Waals surface area (Å²) < 4.78 is 10.7. The molecule has 158 valence electrons. The molecular formula is C17H16N4O9. The predicted molar refractivity (Wildman–Crippen MR) is 101 cm³/mol. The van der Waals surface area contributed by atoms with Crippen LogP contribution in [0.5, 0.6) is 17.2 Å². The summed E-state index contributed by atoms with van der Waals surface area (Å²) in [5, 5.41) is 40.2. The number of non-ortho nitro benzene ring substituents is 1. The summed E-state index contributed by atoms with van der Waals surface area (Å²) in [6.07, 6.45) is 1.11. The van der Waals surface area contributed by atoms with Gasteiger partial charge in [0.2, 0.25) is 6.79 Å². The number of nitro benzene ring substituents is 3. The van der Waals surface area contributed by atoms with Crippen molar-refractivity contribution in [3.8, 4) is 17.2 Å². The maximum Gasteiger partial charge on any atom is 0.324 e. The van der Waals surface area contributed by atoms with Gasteiger partial charge < -0.3 is 19.5 Å². The van der Waals surface area contributed by atoms with Crippen LogP contribution in [0.3, 0.4) is 0 Å². The Kier molecular flexibility index (Phi) is 5.64. The van der Waals surface area contributed by atoms with Crippen molar-refractivity contribution in [2.45, 2.75) is 13.0 Å². The Hall–Kier alpha value is -4.00. The van der Waals surface area contributed by atoms with Gasteiger partial charge in [-0.1, -0.05) is 0 Å². The fourth-order valence-corrected chi connectivity index (χ4v) is 3.06. The fraction of sp³-hybridized carbons (Fsp3) is 0.294. The molecule has 0 radical (unpaired) electrons. The number of benzene rings is 2. The Balaban J connectivity index is 0.000000171. The third-order valence-corrected chi connectivity index (χ3v) is 4.56. The zero-order chi connectivity index (χ0) is 22.0. The number of phenolic OH excluding ortho intramolecular Hbond substituents is 1. The maximum atomic E-state index is 10.4. The second-order valence-corrected chi connectivity index (χ2v) is 6.57. The van der Waals surface area contributed by atoms with E-state index in [1.807, 2.05) is 0 Å². The van der Waals surface area contributed by atoms with Crippen LogP contribution in [-0.2, 0) is 13.0 Å². The zero-order valence-corrected chi connectivity index (χ0v) is 15.6. The van der Waals surface area contributed by atoms with Gasteiger partial charge in [0, 0.05) is 13.1 Å². The minimum Gasteiger partial charge on any atom is -0.497 e. The van der Waals surface area contributed by atoms with E-state index in [0.717, 1.165) is 31.0 Å². The van der Waals surface area contributed by atoms with Crippen LogP contribution in [0.1, 0.15) is 11.1 Å². The molecule has 0 saturated carbocycles. The van der Waals surface area contributed by atoms with Crippen LogP contribution >= 0.6 is 0 Å². The quantitative estimate of drug-likeness (QED) is 0.574. The summed E-state index contributed by atoms with van der Waals surface area (Å²) in [5.41, 5.74) is -0.214. The molecule has 0 aromatic heterocycles. The Morgan fingerprint density at radius 3 is 1.93 bits per heavy atom. The van der Waals surface area contributed by atoms with Gasteiger partial charge in [0.1, 0.15) is 0 Å². The number of aromatic hydroxyl groups is 1. The fourth-order valence-electron chi connectivity index (χ4n) is 3.06. The zero-order valence-electron chi connectivity index (χ0n) is 15.6. The molecule has 0 atom stereocenters. The first-order valence-electron chi connectivity index (χ1n) is 8.57. The molecule has 0 aliphatic carbocycles. The van der Waals surface area contributed by atoms with E-state index in [-0.39, 0.29) is 0 Å². The lowest BCUT2D eigenvalue weighted by atomic mass is 9.99. The van der Waals surface area contributed by atoms with Gasteiger partial charge in [-0.15, -0.1) is 0 Å². The summed E-state index contributed by atoms with van der Waals surface area (Å²) in [7, 11) is 2.15.